The second-order valence-electron chi connectivity index (χ2n) is 4.40. The fourth-order valence-corrected chi connectivity index (χ4v) is 1.05. The van der Waals surface area contributed by atoms with Crippen LogP contribution in [0.25, 0.3) is 0 Å². The fourth-order valence-electron chi connectivity index (χ4n) is 1.05. The number of amides is 1. The summed E-state index contributed by atoms with van der Waals surface area (Å²) in [6, 6.07) is 0. The van der Waals surface area contributed by atoms with E-state index in [4.69, 9.17) is 0 Å². The molecular weight excluding hydrogens is 194 g/mol. The van der Waals surface area contributed by atoms with Gasteiger partial charge in [0.2, 0.25) is 0 Å². The third-order valence-corrected chi connectivity index (χ3v) is 1.72. The largest absolute Gasteiger partial charge is 0.346 e. The van der Waals surface area contributed by atoms with Crippen LogP contribution in [0.15, 0.2) is 17.2 Å². The first-order valence-electron chi connectivity index (χ1n) is 4.65. The van der Waals surface area contributed by atoms with Gasteiger partial charge in [-0.15, -0.1) is 0 Å². The van der Waals surface area contributed by atoms with Crippen molar-refractivity contribution in [3.05, 3.63) is 28.4 Å². The Balaban J connectivity index is 3.03. The molecule has 0 fully saturated rings. The minimum atomic E-state index is -0.441. The lowest BCUT2D eigenvalue weighted by Crippen LogP contribution is -2.43. The predicted molar refractivity (Wildman–Crippen MR) is 56.7 cm³/mol. The van der Waals surface area contributed by atoms with Gasteiger partial charge in [-0.25, -0.2) is 4.98 Å². The van der Waals surface area contributed by atoms with Crippen LogP contribution in [0.5, 0.6) is 0 Å². The molecule has 5 nitrogen and oxygen atoms in total. The minimum Gasteiger partial charge on any atom is -0.346 e. The first kappa shape index (κ1) is 11.4. The molecule has 1 aromatic heterocycles. The van der Waals surface area contributed by atoms with Crippen molar-refractivity contribution in [1.82, 2.24) is 14.9 Å². The molecule has 0 aromatic carbocycles. The van der Waals surface area contributed by atoms with E-state index in [1.165, 1.54) is 17.0 Å². The Morgan fingerprint density at radius 2 is 2.07 bits per heavy atom. The van der Waals surface area contributed by atoms with Crippen molar-refractivity contribution in [2.45, 2.75) is 26.3 Å². The van der Waals surface area contributed by atoms with Gasteiger partial charge in [0, 0.05) is 25.0 Å². The van der Waals surface area contributed by atoms with E-state index in [1.807, 2.05) is 20.8 Å². The van der Waals surface area contributed by atoms with Gasteiger partial charge in [0.05, 0.1) is 0 Å². The van der Waals surface area contributed by atoms with Crippen LogP contribution in [0.3, 0.4) is 0 Å². The first-order valence-corrected chi connectivity index (χ1v) is 4.65. The van der Waals surface area contributed by atoms with Crippen LogP contribution in [-0.4, -0.2) is 21.0 Å². The van der Waals surface area contributed by atoms with Gasteiger partial charge in [0.15, 0.2) is 5.69 Å². The van der Waals surface area contributed by atoms with E-state index in [1.54, 1.807) is 7.05 Å². The highest BCUT2D eigenvalue weighted by molar-refractivity contribution is 5.92. The molecule has 1 heterocycles. The molecule has 1 N–H and O–H groups in total. The normalized spacial score (nSPS) is 11.2. The third-order valence-electron chi connectivity index (χ3n) is 1.72. The van der Waals surface area contributed by atoms with Crippen LogP contribution >= 0.6 is 0 Å². The van der Waals surface area contributed by atoms with Crippen molar-refractivity contribution >= 4 is 5.91 Å². The molecular formula is C10H15N3O2. The molecule has 0 aliphatic heterocycles. The number of hydrogen-bond acceptors (Lipinski definition) is 3. The Kier molecular flexibility index (Phi) is 2.93. The van der Waals surface area contributed by atoms with E-state index >= 15 is 0 Å². The van der Waals surface area contributed by atoms with Gasteiger partial charge < -0.3 is 9.88 Å². The standard InChI is InChI=1S/C10H15N3O2/c1-10(2,3)12-8(14)7-9(15)13(4)6-5-11-7/h5-6H,1-4H3,(H,12,14). The molecule has 1 rings (SSSR count). The lowest BCUT2D eigenvalue weighted by molar-refractivity contribution is 0.0912. The monoisotopic (exact) mass is 209 g/mol. The van der Waals surface area contributed by atoms with Crippen LogP contribution in [0, 0.1) is 0 Å². The van der Waals surface area contributed by atoms with E-state index in [9.17, 15) is 9.59 Å². The van der Waals surface area contributed by atoms with Gasteiger partial charge in [-0.05, 0) is 20.8 Å². The smallest absolute Gasteiger partial charge is 0.281 e. The number of carbonyl (C=O) groups excluding carboxylic acids is 1. The van der Waals surface area contributed by atoms with Crippen molar-refractivity contribution in [2.24, 2.45) is 7.05 Å². The minimum absolute atomic E-state index is 0.0741. The quantitative estimate of drug-likeness (QED) is 0.724. The number of carbonyl (C=O) groups is 1. The van der Waals surface area contributed by atoms with Crippen LogP contribution in [0.1, 0.15) is 31.3 Å². The summed E-state index contributed by atoms with van der Waals surface area (Å²) in [5.74, 6) is -0.441. The molecule has 82 valence electrons. The molecule has 0 atom stereocenters. The summed E-state index contributed by atoms with van der Waals surface area (Å²) < 4.78 is 1.32. The lowest BCUT2D eigenvalue weighted by Gasteiger charge is -2.19. The van der Waals surface area contributed by atoms with Crippen molar-refractivity contribution in [2.75, 3.05) is 0 Å². The van der Waals surface area contributed by atoms with Gasteiger partial charge in [0.25, 0.3) is 11.5 Å². The topological polar surface area (TPSA) is 64.0 Å². The molecule has 0 aliphatic carbocycles. The number of aryl methyl sites for hydroxylation is 1. The molecule has 0 aliphatic rings. The third kappa shape index (κ3) is 2.90. The molecule has 15 heavy (non-hydrogen) atoms. The number of aromatic nitrogens is 2. The fraction of sp³-hybridized carbons (Fsp3) is 0.500. The maximum Gasteiger partial charge on any atom is 0.281 e. The molecule has 0 spiro atoms. The van der Waals surface area contributed by atoms with E-state index in [-0.39, 0.29) is 16.8 Å². The zero-order chi connectivity index (χ0) is 11.6. The second-order valence-corrected chi connectivity index (χ2v) is 4.40. The molecule has 0 radical (unpaired) electrons. The Hall–Kier alpha value is -1.65. The number of nitrogens with one attached hydrogen (secondary N) is 1. The summed E-state index contributed by atoms with van der Waals surface area (Å²) in [5, 5.41) is 2.69. The summed E-state index contributed by atoms with van der Waals surface area (Å²) >= 11 is 0. The summed E-state index contributed by atoms with van der Waals surface area (Å²) in [6.45, 7) is 5.54. The Labute approximate surface area is 88.1 Å². The van der Waals surface area contributed by atoms with Gasteiger partial charge in [0.1, 0.15) is 0 Å². The number of hydrogen-bond donors (Lipinski definition) is 1. The predicted octanol–water partition coefficient (Wildman–Crippen LogP) is 0.309. The molecule has 0 unspecified atom stereocenters. The van der Waals surface area contributed by atoms with Crippen molar-refractivity contribution < 1.29 is 4.79 Å². The molecule has 5 heteroatoms. The van der Waals surface area contributed by atoms with Crippen molar-refractivity contribution in [3.63, 3.8) is 0 Å². The van der Waals surface area contributed by atoms with Gasteiger partial charge in [-0.2, -0.15) is 0 Å². The van der Waals surface area contributed by atoms with E-state index < -0.39 is 5.91 Å². The summed E-state index contributed by atoms with van der Waals surface area (Å²) in [5.41, 5.74) is -0.839. The maximum atomic E-state index is 11.6. The first-order chi connectivity index (χ1) is 6.81. The highest BCUT2D eigenvalue weighted by atomic mass is 16.2. The van der Waals surface area contributed by atoms with Crippen LogP contribution < -0.4 is 10.9 Å². The molecule has 1 amide bonds. The van der Waals surface area contributed by atoms with Crippen LogP contribution in [0.4, 0.5) is 0 Å². The van der Waals surface area contributed by atoms with Gasteiger partial charge in [-0.1, -0.05) is 0 Å². The van der Waals surface area contributed by atoms with Crippen molar-refractivity contribution in [1.29, 1.82) is 0 Å². The SMILES string of the molecule is Cn1ccnc(C(=O)NC(C)(C)C)c1=O. The van der Waals surface area contributed by atoms with Gasteiger partial charge >= 0.3 is 0 Å². The zero-order valence-electron chi connectivity index (χ0n) is 9.37. The van der Waals surface area contributed by atoms with E-state index in [0.717, 1.165) is 0 Å². The molecule has 0 bridgehead atoms. The van der Waals surface area contributed by atoms with Crippen molar-refractivity contribution in [3.8, 4) is 0 Å². The van der Waals surface area contributed by atoms with E-state index in [2.05, 4.69) is 10.3 Å². The maximum absolute atomic E-state index is 11.6. The zero-order valence-corrected chi connectivity index (χ0v) is 9.37. The molecule has 0 saturated heterocycles. The average molecular weight is 209 g/mol. The Morgan fingerprint density at radius 1 is 1.47 bits per heavy atom. The molecule has 0 saturated carbocycles. The van der Waals surface area contributed by atoms with E-state index in [0.29, 0.717) is 0 Å². The average Bonchev–Trinajstić information content (AvgIpc) is 2.06. The van der Waals surface area contributed by atoms with Gasteiger partial charge in [-0.3, -0.25) is 9.59 Å². The van der Waals surface area contributed by atoms with Crippen LogP contribution in [-0.2, 0) is 7.05 Å². The van der Waals surface area contributed by atoms with Crippen LogP contribution in [0.2, 0.25) is 0 Å². The number of rotatable bonds is 1. The second kappa shape index (κ2) is 3.84. The summed E-state index contributed by atoms with van der Waals surface area (Å²) in [6.07, 6.45) is 2.94. The Bertz CT molecular complexity index is 429. The summed E-state index contributed by atoms with van der Waals surface area (Å²) in [7, 11) is 1.58. The Morgan fingerprint density at radius 3 is 2.60 bits per heavy atom. The highest BCUT2D eigenvalue weighted by Crippen LogP contribution is 1.99. The lowest BCUT2D eigenvalue weighted by atomic mass is 10.1. The highest BCUT2D eigenvalue weighted by Gasteiger charge is 2.18. The molecule has 1 aromatic rings. The number of nitrogens with zero attached hydrogens (tertiary/aromatic N) is 2. The summed E-state index contributed by atoms with van der Waals surface area (Å²) in [4.78, 5) is 27.0.